The van der Waals surface area contributed by atoms with Crippen LogP contribution >= 0.6 is 0 Å². The van der Waals surface area contributed by atoms with Gasteiger partial charge in [-0.2, -0.15) is 5.10 Å². The molecule has 0 spiro atoms. The van der Waals surface area contributed by atoms with Gasteiger partial charge in [-0.05, 0) is 5.56 Å². The van der Waals surface area contributed by atoms with Gasteiger partial charge >= 0.3 is 5.97 Å². The quantitative estimate of drug-likeness (QED) is 0.791. The first-order valence-corrected chi connectivity index (χ1v) is 6.34. The Kier molecular flexibility index (Phi) is 3.42. The number of carbonyl (C=O) groups is 1. The number of hydrogen-bond acceptors (Lipinski definition) is 4. The number of carboxylic acids is 1. The fourth-order valence-electron chi connectivity index (χ4n) is 2.14. The second-order valence-corrected chi connectivity index (χ2v) is 4.48. The van der Waals surface area contributed by atoms with Crippen molar-refractivity contribution in [1.29, 1.82) is 0 Å². The van der Waals surface area contributed by atoms with Gasteiger partial charge in [-0.25, -0.2) is 14.8 Å². The van der Waals surface area contributed by atoms with Crippen molar-refractivity contribution < 1.29 is 9.90 Å². The summed E-state index contributed by atoms with van der Waals surface area (Å²) in [6, 6.07) is 9.73. The molecule has 0 aliphatic rings. The van der Waals surface area contributed by atoms with Crippen molar-refractivity contribution in [3.63, 3.8) is 0 Å². The van der Waals surface area contributed by atoms with Crippen LogP contribution in [0.4, 0.5) is 0 Å². The van der Waals surface area contributed by atoms with Crippen molar-refractivity contribution in [2.75, 3.05) is 0 Å². The van der Waals surface area contributed by atoms with Crippen LogP contribution in [0.5, 0.6) is 0 Å². The number of nitrogens with zero attached hydrogens (tertiary/aromatic N) is 4. The summed E-state index contributed by atoms with van der Waals surface area (Å²) in [5, 5.41) is 13.5. The third-order valence-electron chi connectivity index (χ3n) is 3.08. The lowest BCUT2D eigenvalue weighted by molar-refractivity contribution is 0.0697. The van der Waals surface area contributed by atoms with E-state index in [1.54, 1.807) is 17.1 Å². The predicted octanol–water partition coefficient (Wildman–Crippen LogP) is 2.09. The van der Waals surface area contributed by atoms with Crippen LogP contribution in [0.2, 0.25) is 0 Å². The first kappa shape index (κ1) is 13.0. The Balaban J connectivity index is 2.07. The summed E-state index contributed by atoms with van der Waals surface area (Å²) in [5.74, 6) is -1.02. The summed E-state index contributed by atoms with van der Waals surface area (Å²) in [4.78, 5) is 19.3. The van der Waals surface area contributed by atoms with Crippen molar-refractivity contribution in [2.24, 2.45) is 0 Å². The van der Waals surface area contributed by atoms with Crippen LogP contribution in [0, 0.1) is 0 Å². The van der Waals surface area contributed by atoms with Gasteiger partial charge in [-0.3, -0.25) is 4.68 Å². The SMILES string of the molecule is O=C(O)c1cnn(Cc2ccccc2)c1-c1cncnc1. The van der Waals surface area contributed by atoms with Crippen LogP contribution in [0.3, 0.4) is 0 Å². The van der Waals surface area contributed by atoms with E-state index in [2.05, 4.69) is 15.1 Å². The molecule has 1 N–H and O–H groups in total. The van der Waals surface area contributed by atoms with Gasteiger partial charge in [0.15, 0.2) is 0 Å². The van der Waals surface area contributed by atoms with Gasteiger partial charge in [-0.1, -0.05) is 30.3 Å². The van der Waals surface area contributed by atoms with Crippen molar-refractivity contribution in [3.8, 4) is 11.3 Å². The summed E-state index contributed by atoms with van der Waals surface area (Å²) in [7, 11) is 0. The Morgan fingerprint density at radius 3 is 2.48 bits per heavy atom. The number of aromatic nitrogens is 4. The lowest BCUT2D eigenvalue weighted by atomic mass is 10.1. The van der Waals surface area contributed by atoms with Crippen molar-refractivity contribution in [1.82, 2.24) is 19.7 Å². The standard InChI is InChI=1S/C15H12N4O2/c20-15(21)13-8-18-19(9-11-4-2-1-3-5-11)14(13)12-6-16-10-17-7-12/h1-8,10H,9H2,(H,20,21). The molecule has 21 heavy (non-hydrogen) atoms. The van der Waals surface area contributed by atoms with Crippen molar-refractivity contribution in [2.45, 2.75) is 6.54 Å². The van der Waals surface area contributed by atoms with Crippen LogP contribution in [0.25, 0.3) is 11.3 Å². The molecule has 3 rings (SSSR count). The minimum atomic E-state index is -1.02. The molecule has 0 atom stereocenters. The van der Waals surface area contributed by atoms with E-state index in [-0.39, 0.29) is 5.56 Å². The molecular formula is C15H12N4O2. The zero-order valence-electron chi connectivity index (χ0n) is 11.0. The van der Waals surface area contributed by atoms with Gasteiger partial charge in [0, 0.05) is 18.0 Å². The first-order chi connectivity index (χ1) is 10.3. The first-order valence-electron chi connectivity index (χ1n) is 6.34. The van der Waals surface area contributed by atoms with Crippen molar-refractivity contribution in [3.05, 3.63) is 66.4 Å². The van der Waals surface area contributed by atoms with E-state index in [1.165, 1.54) is 12.5 Å². The number of benzene rings is 1. The molecule has 2 aromatic heterocycles. The molecule has 0 saturated heterocycles. The van der Waals surface area contributed by atoms with Crippen LogP contribution < -0.4 is 0 Å². The molecule has 0 unspecified atom stereocenters. The molecule has 0 fully saturated rings. The van der Waals surface area contributed by atoms with Gasteiger partial charge in [-0.15, -0.1) is 0 Å². The van der Waals surface area contributed by atoms with E-state index in [0.29, 0.717) is 17.8 Å². The average molecular weight is 280 g/mol. The minimum absolute atomic E-state index is 0.140. The molecule has 0 aliphatic heterocycles. The molecule has 0 aliphatic carbocycles. The summed E-state index contributed by atoms with van der Waals surface area (Å²) >= 11 is 0. The summed E-state index contributed by atoms with van der Waals surface area (Å²) < 4.78 is 1.65. The third-order valence-corrected chi connectivity index (χ3v) is 3.08. The zero-order valence-corrected chi connectivity index (χ0v) is 11.0. The van der Waals surface area contributed by atoms with Crippen LogP contribution in [-0.2, 0) is 6.54 Å². The lowest BCUT2D eigenvalue weighted by Crippen LogP contribution is -2.06. The molecule has 0 bridgehead atoms. The fourth-order valence-corrected chi connectivity index (χ4v) is 2.14. The lowest BCUT2D eigenvalue weighted by Gasteiger charge is -2.08. The van der Waals surface area contributed by atoms with E-state index in [0.717, 1.165) is 5.56 Å². The van der Waals surface area contributed by atoms with E-state index in [1.807, 2.05) is 30.3 Å². The smallest absolute Gasteiger partial charge is 0.339 e. The molecule has 0 amide bonds. The second-order valence-electron chi connectivity index (χ2n) is 4.48. The minimum Gasteiger partial charge on any atom is -0.478 e. The maximum atomic E-state index is 11.4. The van der Waals surface area contributed by atoms with E-state index in [9.17, 15) is 9.90 Å². The molecular weight excluding hydrogens is 268 g/mol. The highest BCUT2D eigenvalue weighted by Crippen LogP contribution is 2.23. The van der Waals surface area contributed by atoms with E-state index >= 15 is 0 Å². The maximum absolute atomic E-state index is 11.4. The molecule has 6 nitrogen and oxygen atoms in total. The monoisotopic (exact) mass is 280 g/mol. The third kappa shape index (κ3) is 2.64. The van der Waals surface area contributed by atoms with Crippen LogP contribution in [0.1, 0.15) is 15.9 Å². The average Bonchev–Trinajstić information content (AvgIpc) is 2.93. The predicted molar refractivity (Wildman–Crippen MR) is 75.8 cm³/mol. The van der Waals surface area contributed by atoms with Gasteiger partial charge in [0.1, 0.15) is 11.9 Å². The summed E-state index contributed by atoms with van der Waals surface area (Å²) in [6.07, 6.45) is 5.92. The Hall–Kier alpha value is -3.02. The Labute approximate surface area is 120 Å². The topological polar surface area (TPSA) is 80.9 Å². The molecule has 1 aromatic carbocycles. The second kappa shape index (κ2) is 5.54. The van der Waals surface area contributed by atoms with E-state index < -0.39 is 5.97 Å². The highest BCUT2D eigenvalue weighted by molar-refractivity contribution is 5.94. The Morgan fingerprint density at radius 2 is 1.81 bits per heavy atom. The van der Waals surface area contributed by atoms with Gasteiger partial charge < -0.3 is 5.11 Å². The highest BCUT2D eigenvalue weighted by Gasteiger charge is 2.18. The molecule has 104 valence electrons. The normalized spacial score (nSPS) is 10.5. The molecule has 3 aromatic rings. The fraction of sp³-hybridized carbons (Fsp3) is 0.0667. The maximum Gasteiger partial charge on any atom is 0.339 e. The summed E-state index contributed by atoms with van der Waals surface area (Å²) in [5.41, 5.74) is 2.31. The summed E-state index contributed by atoms with van der Waals surface area (Å²) in [6.45, 7) is 0.484. The van der Waals surface area contributed by atoms with Crippen LogP contribution in [-0.4, -0.2) is 30.8 Å². The molecule has 6 heteroatoms. The largest absolute Gasteiger partial charge is 0.478 e. The number of carboxylic acid groups (broad SMARTS) is 1. The number of aromatic carboxylic acids is 1. The molecule has 0 saturated carbocycles. The Morgan fingerprint density at radius 1 is 1.10 bits per heavy atom. The van der Waals surface area contributed by atoms with Gasteiger partial charge in [0.2, 0.25) is 0 Å². The molecule has 0 radical (unpaired) electrons. The zero-order chi connectivity index (χ0) is 14.7. The van der Waals surface area contributed by atoms with Gasteiger partial charge in [0.25, 0.3) is 0 Å². The van der Waals surface area contributed by atoms with Crippen LogP contribution in [0.15, 0.2) is 55.2 Å². The highest BCUT2D eigenvalue weighted by atomic mass is 16.4. The van der Waals surface area contributed by atoms with Gasteiger partial charge in [0.05, 0.1) is 18.4 Å². The van der Waals surface area contributed by atoms with Crippen molar-refractivity contribution >= 4 is 5.97 Å². The Bertz CT molecular complexity index is 754. The van der Waals surface area contributed by atoms with E-state index in [4.69, 9.17) is 0 Å². The number of rotatable bonds is 4. The molecule has 2 heterocycles. The number of hydrogen-bond donors (Lipinski definition) is 1.